The Balaban J connectivity index is 2.19. The van der Waals surface area contributed by atoms with Crippen molar-refractivity contribution in [1.29, 1.82) is 0 Å². The molecule has 19 heavy (non-hydrogen) atoms. The van der Waals surface area contributed by atoms with Crippen LogP contribution in [-0.2, 0) is 0 Å². The van der Waals surface area contributed by atoms with Crippen LogP contribution >= 0.6 is 0 Å². The van der Waals surface area contributed by atoms with Gasteiger partial charge in [-0.2, -0.15) is 0 Å². The van der Waals surface area contributed by atoms with E-state index in [0.29, 0.717) is 12.1 Å². The van der Waals surface area contributed by atoms with Gasteiger partial charge >= 0.3 is 0 Å². The highest BCUT2D eigenvalue weighted by Crippen LogP contribution is 2.20. The molecule has 1 rings (SSSR count). The summed E-state index contributed by atoms with van der Waals surface area (Å²) in [6.45, 7) is 13.2. The first-order valence-electron chi connectivity index (χ1n) is 8.65. The summed E-state index contributed by atoms with van der Waals surface area (Å²) < 4.78 is 0. The maximum Gasteiger partial charge on any atom is 0.00816 e. The minimum atomic E-state index is 0.676. The van der Waals surface area contributed by atoms with Crippen molar-refractivity contribution in [3.63, 3.8) is 0 Å². The lowest BCUT2D eigenvalue weighted by molar-refractivity contribution is 0.152. The maximum atomic E-state index is 3.84. The maximum absolute atomic E-state index is 3.84. The van der Waals surface area contributed by atoms with Gasteiger partial charge in [0.25, 0.3) is 0 Å². The number of likely N-dealkylation sites (tertiary alicyclic amines) is 1. The number of unbranched alkanes of at least 4 members (excludes halogenated alkanes) is 3. The van der Waals surface area contributed by atoms with Crippen LogP contribution in [0.5, 0.6) is 0 Å². The molecule has 3 atom stereocenters. The molecule has 0 amide bonds. The van der Waals surface area contributed by atoms with Crippen molar-refractivity contribution < 1.29 is 0 Å². The molecule has 2 heteroatoms. The van der Waals surface area contributed by atoms with Gasteiger partial charge in [0.1, 0.15) is 0 Å². The lowest BCUT2D eigenvalue weighted by Gasteiger charge is -2.36. The Labute approximate surface area is 121 Å². The van der Waals surface area contributed by atoms with Gasteiger partial charge in [-0.1, -0.05) is 39.5 Å². The molecule has 1 aliphatic heterocycles. The SMILES string of the molecule is CCCCCCC(C)NC(C)C1CCCN(CC)C1. The second-order valence-electron chi connectivity index (χ2n) is 6.50. The van der Waals surface area contributed by atoms with Gasteiger partial charge in [-0.3, -0.25) is 0 Å². The van der Waals surface area contributed by atoms with Crippen LogP contribution < -0.4 is 5.32 Å². The van der Waals surface area contributed by atoms with Crippen LogP contribution in [0.1, 0.15) is 72.6 Å². The molecule has 1 saturated heterocycles. The van der Waals surface area contributed by atoms with Gasteiger partial charge in [-0.15, -0.1) is 0 Å². The average molecular weight is 268 g/mol. The van der Waals surface area contributed by atoms with Gasteiger partial charge in [-0.25, -0.2) is 0 Å². The van der Waals surface area contributed by atoms with E-state index in [9.17, 15) is 0 Å². The number of hydrogen-bond acceptors (Lipinski definition) is 2. The van der Waals surface area contributed by atoms with Gasteiger partial charge in [0.15, 0.2) is 0 Å². The molecule has 2 nitrogen and oxygen atoms in total. The Morgan fingerprint density at radius 2 is 1.95 bits per heavy atom. The van der Waals surface area contributed by atoms with Gasteiger partial charge in [0.2, 0.25) is 0 Å². The van der Waals surface area contributed by atoms with E-state index in [2.05, 4.69) is 37.9 Å². The first kappa shape index (κ1) is 17.0. The number of rotatable bonds is 9. The van der Waals surface area contributed by atoms with Crippen molar-refractivity contribution in [3.05, 3.63) is 0 Å². The molecule has 0 aromatic carbocycles. The third-order valence-corrected chi connectivity index (χ3v) is 4.73. The molecule has 0 aliphatic carbocycles. The fraction of sp³-hybridized carbons (Fsp3) is 1.00. The molecule has 114 valence electrons. The summed E-state index contributed by atoms with van der Waals surface area (Å²) in [7, 11) is 0. The van der Waals surface area contributed by atoms with E-state index in [1.54, 1.807) is 0 Å². The minimum Gasteiger partial charge on any atom is -0.311 e. The molecule has 3 unspecified atom stereocenters. The van der Waals surface area contributed by atoms with Crippen molar-refractivity contribution in [2.24, 2.45) is 5.92 Å². The van der Waals surface area contributed by atoms with Crippen molar-refractivity contribution >= 4 is 0 Å². The van der Waals surface area contributed by atoms with Crippen molar-refractivity contribution in [2.75, 3.05) is 19.6 Å². The summed E-state index contributed by atoms with van der Waals surface area (Å²) in [4.78, 5) is 2.61. The molecule has 0 radical (unpaired) electrons. The molecular weight excluding hydrogens is 232 g/mol. The van der Waals surface area contributed by atoms with Gasteiger partial charge < -0.3 is 10.2 Å². The molecule has 1 N–H and O–H groups in total. The molecule has 0 aromatic heterocycles. The van der Waals surface area contributed by atoms with Gasteiger partial charge in [0.05, 0.1) is 0 Å². The van der Waals surface area contributed by atoms with Crippen LogP contribution in [-0.4, -0.2) is 36.6 Å². The fourth-order valence-electron chi connectivity index (χ4n) is 3.33. The lowest BCUT2D eigenvalue weighted by atomic mass is 9.91. The van der Waals surface area contributed by atoms with E-state index in [1.165, 1.54) is 64.6 Å². The summed E-state index contributed by atoms with van der Waals surface area (Å²) >= 11 is 0. The van der Waals surface area contributed by atoms with Crippen molar-refractivity contribution in [1.82, 2.24) is 10.2 Å². The zero-order valence-corrected chi connectivity index (χ0v) is 13.8. The summed E-state index contributed by atoms with van der Waals surface area (Å²) in [5.74, 6) is 0.854. The van der Waals surface area contributed by atoms with Crippen LogP contribution in [0.3, 0.4) is 0 Å². The third kappa shape index (κ3) is 6.76. The smallest absolute Gasteiger partial charge is 0.00816 e. The van der Waals surface area contributed by atoms with Gasteiger partial charge in [-0.05, 0) is 52.1 Å². The summed E-state index contributed by atoms with van der Waals surface area (Å²) in [6.07, 6.45) is 9.67. The zero-order valence-electron chi connectivity index (χ0n) is 13.8. The summed E-state index contributed by atoms with van der Waals surface area (Å²) in [5.41, 5.74) is 0. The van der Waals surface area contributed by atoms with Crippen LogP contribution in [0.25, 0.3) is 0 Å². The van der Waals surface area contributed by atoms with E-state index >= 15 is 0 Å². The molecule has 1 fully saturated rings. The normalized spacial score (nSPS) is 24.3. The Kier molecular flexibility index (Phi) is 8.72. The standard InChI is InChI=1S/C17H36N2/c1-5-7-8-9-11-15(3)18-16(4)17-12-10-13-19(6-2)14-17/h15-18H,5-14H2,1-4H3. The molecule has 0 spiro atoms. The average Bonchev–Trinajstić information content (AvgIpc) is 2.43. The van der Waals surface area contributed by atoms with Crippen LogP contribution in [0.2, 0.25) is 0 Å². The predicted molar refractivity (Wildman–Crippen MR) is 85.7 cm³/mol. The highest BCUT2D eigenvalue weighted by Gasteiger charge is 2.24. The first-order valence-corrected chi connectivity index (χ1v) is 8.65. The van der Waals surface area contributed by atoms with Crippen LogP contribution in [0.4, 0.5) is 0 Å². The Morgan fingerprint density at radius 1 is 1.16 bits per heavy atom. The largest absolute Gasteiger partial charge is 0.311 e. The monoisotopic (exact) mass is 268 g/mol. The Bertz CT molecular complexity index is 217. The minimum absolute atomic E-state index is 0.676. The van der Waals surface area contributed by atoms with Crippen molar-refractivity contribution in [2.45, 2.75) is 84.7 Å². The topological polar surface area (TPSA) is 15.3 Å². The highest BCUT2D eigenvalue weighted by molar-refractivity contribution is 4.81. The number of nitrogens with one attached hydrogen (secondary N) is 1. The van der Waals surface area contributed by atoms with Crippen molar-refractivity contribution in [3.8, 4) is 0 Å². The molecule has 1 heterocycles. The first-order chi connectivity index (χ1) is 9.17. The number of piperidine rings is 1. The molecule has 0 bridgehead atoms. The number of nitrogens with zero attached hydrogens (tertiary/aromatic N) is 1. The van der Waals surface area contributed by atoms with E-state index < -0.39 is 0 Å². The summed E-state index contributed by atoms with van der Waals surface area (Å²) in [6, 6.07) is 1.36. The quantitative estimate of drug-likeness (QED) is 0.635. The van der Waals surface area contributed by atoms with E-state index in [4.69, 9.17) is 0 Å². The zero-order chi connectivity index (χ0) is 14.1. The highest BCUT2D eigenvalue weighted by atomic mass is 15.1. The van der Waals surface area contributed by atoms with Gasteiger partial charge in [0, 0.05) is 18.6 Å². The van der Waals surface area contributed by atoms with E-state index in [-0.39, 0.29) is 0 Å². The Hall–Kier alpha value is -0.0800. The lowest BCUT2D eigenvalue weighted by Crippen LogP contribution is -2.46. The van der Waals surface area contributed by atoms with E-state index in [1.807, 2.05) is 0 Å². The molecular formula is C17H36N2. The predicted octanol–water partition coefficient (Wildman–Crippen LogP) is 4.06. The third-order valence-electron chi connectivity index (χ3n) is 4.73. The second kappa shape index (κ2) is 9.77. The fourth-order valence-corrected chi connectivity index (χ4v) is 3.33. The molecule has 0 aromatic rings. The molecule has 0 saturated carbocycles. The van der Waals surface area contributed by atoms with E-state index in [0.717, 1.165) is 5.92 Å². The van der Waals surface area contributed by atoms with Crippen LogP contribution in [0, 0.1) is 5.92 Å². The second-order valence-corrected chi connectivity index (χ2v) is 6.50. The number of hydrogen-bond donors (Lipinski definition) is 1. The Morgan fingerprint density at radius 3 is 2.63 bits per heavy atom. The summed E-state index contributed by atoms with van der Waals surface area (Å²) in [5, 5.41) is 3.84. The molecule has 1 aliphatic rings. The van der Waals surface area contributed by atoms with Crippen LogP contribution in [0.15, 0.2) is 0 Å².